The van der Waals surface area contributed by atoms with Crippen molar-refractivity contribution in [2.45, 2.75) is 56.9 Å². The van der Waals surface area contributed by atoms with E-state index in [1.807, 2.05) is 26.8 Å². The molecule has 0 radical (unpaired) electrons. The Morgan fingerprint density at radius 1 is 1.43 bits per heavy atom. The van der Waals surface area contributed by atoms with Crippen LogP contribution in [0.4, 0.5) is 0 Å². The van der Waals surface area contributed by atoms with Gasteiger partial charge in [0.2, 0.25) is 10.0 Å². The summed E-state index contributed by atoms with van der Waals surface area (Å²) in [7, 11) is -3.54. The minimum absolute atomic E-state index is 0.00617. The van der Waals surface area contributed by atoms with Gasteiger partial charge in [-0.3, -0.25) is 0 Å². The number of nitrogens with one attached hydrogen (secondary N) is 1. The second-order valence-corrected chi connectivity index (χ2v) is 8.32. The molecule has 0 amide bonds. The highest BCUT2D eigenvalue weighted by atomic mass is 32.2. The quantitative estimate of drug-likeness (QED) is 0.878. The Balaban J connectivity index is 2.25. The molecule has 1 aromatic carbocycles. The fourth-order valence-corrected chi connectivity index (χ4v) is 4.38. The second kappa shape index (κ2) is 6.07. The van der Waals surface area contributed by atoms with Gasteiger partial charge in [-0.25, -0.2) is 13.1 Å². The third-order valence-corrected chi connectivity index (χ3v) is 6.04. The molecule has 118 valence electrons. The predicted molar refractivity (Wildman–Crippen MR) is 83.7 cm³/mol. The lowest BCUT2D eigenvalue weighted by molar-refractivity contribution is 0.127. The Bertz CT molecular complexity index is 597. The molecule has 2 unspecified atom stereocenters. The molecule has 0 aromatic heterocycles. The van der Waals surface area contributed by atoms with Gasteiger partial charge in [-0.15, -0.1) is 0 Å². The normalized spacial score (nSPS) is 26.4. The molecular weight excluding hydrogens is 286 g/mol. The Kier molecular flexibility index (Phi) is 4.76. The van der Waals surface area contributed by atoms with Gasteiger partial charge >= 0.3 is 0 Å². The molecule has 1 aliphatic carbocycles. The van der Waals surface area contributed by atoms with E-state index in [-0.39, 0.29) is 24.0 Å². The minimum atomic E-state index is -3.54. The van der Waals surface area contributed by atoms with Crippen molar-refractivity contribution in [3.63, 3.8) is 0 Å². The highest BCUT2D eigenvalue weighted by Crippen LogP contribution is 2.38. The van der Waals surface area contributed by atoms with Gasteiger partial charge in [-0.2, -0.15) is 0 Å². The van der Waals surface area contributed by atoms with Gasteiger partial charge in [-0.1, -0.05) is 39.3 Å². The van der Waals surface area contributed by atoms with Crippen LogP contribution in [0.3, 0.4) is 0 Å². The van der Waals surface area contributed by atoms with Gasteiger partial charge in [0.1, 0.15) is 0 Å². The van der Waals surface area contributed by atoms with Gasteiger partial charge in [0.25, 0.3) is 0 Å². The molecule has 1 aliphatic rings. The zero-order valence-corrected chi connectivity index (χ0v) is 13.8. The van der Waals surface area contributed by atoms with Crippen LogP contribution in [0.2, 0.25) is 0 Å². The maximum Gasteiger partial charge on any atom is 0.240 e. The summed E-state index contributed by atoms with van der Waals surface area (Å²) in [5.41, 5.74) is 0.650. The highest BCUT2D eigenvalue weighted by Gasteiger charge is 2.40. The van der Waals surface area contributed by atoms with Crippen molar-refractivity contribution in [2.24, 2.45) is 5.41 Å². The van der Waals surface area contributed by atoms with Crippen molar-refractivity contribution in [3.8, 4) is 0 Å². The molecule has 1 saturated carbocycles. The maximum atomic E-state index is 12.6. The number of rotatable bonds is 5. The van der Waals surface area contributed by atoms with Gasteiger partial charge in [0, 0.05) is 18.1 Å². The monoisotopic (exact) mass is 311 g/mol. The number of sulfonamides is 1. The molecule has 1 aromatic rings. The van der Waals surface area contributed by atoms with Gasteiger partial charge < -0.3 is 5.11 Å². The Labute approximate surface area is 127 Å². The molecule has 5 heteroatoms. The topological polar surface area (TPSA) is 66.4 Å². The fourth-order valence-electron chi connectivity index (χ4n) is 2.92. The average Bonchev–Trinajstić information content (AvgIpc) is 2.80. The van der Waals surface area contributed by atoms with E-state index in [1.54, 1.807) is 18.2 Å². The number of aliphatic hydroxyl groups is 1. The van der Waals surface area contributed by atoms with Crippen LogP contribution in [-0.4, -0.2) is 26.2 Å². The average molecular weight is 311 g/mol. The number of aliphatic hydroxyl groups excluding tert-OH is 1. The van der Waals surface area contributed by atoms with Gasteiger partial charge in [-0.05, 0) is 36.5 Å². The molecule has 2 N–H and O–H groups in total. The molecule has 4 nitrogen and oxygen atoms in total. The SMILES string of the molecule is CC(C)c1cccc(S(=O)(=O)NC2CCCC2(C)CO)c1. The van der Waals surface area contributed by atoms with E-state index in [1.165, 1.54) is 0 Å². The summed E-state index contributed by atoms with van der Waals surface area (Å²) in [4.78, 5) is 0.306. The van der Waals surface area contributed by atoms with E-state index in [2.05, 4.69) is 4.72 Å². The smallest absolute Gasteiger partial charge is 0.240 e. The third-order valence-electron chi connectivity index (χ3n) is 4.58. The lowest BCUT2D eigenvalue weighted by Gasteiger charge is -2.29. The van der Waals surface area contributed by atoms with Crippen molar-refractivity contribution >= 4 is 10.0 Å². The van der Waals surface area contributed by atoms with Gasteiger partial charge in [0.15, 0.2) is 0 Å². The fraction of sp³-hybridized carbons (Fsp3) is 0.625. The first-order valence-corrected chi connectivity index (χ1v) is 9.00. The zero-order valence-electron chi connectivity index (χ0n) is 13.0. The minimum Gasteiger partial charge on any atom is -0.396 e. The number of hydrogen-bond donors (Lipinski definition) is 2. The number of benzene rings is 1. The van der Waals surface area contributed by atoms with Crippen molar-refractivity contribution in [1.82, 2.24) is 4.72 Å². The van der Waals surface area contributed by atoms with Crippen LogP contribution in [0, 0.1) is 5.41 Å². The molecule has 2 rings (SSSR count). The Morgan fingerprint density at radius 2 is 2.14 bits per heavy atom. The molecule has 0 aliphatic heterocycles. The standard InChI is InChI=1S/C16H25NO3S/c1-12(2)13-6-4-7-14(10-13)21(19,20)17-15-8-5-9-16(15,3)11-18/h4,6-7,10,12,15,17-18H,5,8-9,11H2,1-3H3. The van der Waals surface area contributed by atoms with Crippen LogP contribution < -0.4 is 4.72 Å². The van der Waals surface area contributed by atoms with Crippen LogP contribution in [0.5, 0.6) is 0 Å². The molecule has 21 heavy (non-hydrogen) atoms. The van der Waals surface area contributed by atoms with E-state index in [4.69, 9.17) is 0 Å². The van der Waals surface area contributed by atoms with Crippen LogP contribution in [0.25, 0.3) is 0 Å². The molecule has 0 heterocycles. The molecule has 0 bridgehead atoms. The lowest BCUT2D eigenvalue weighted by atomic mass is 9.86. The van der Waals surface area contributed by atoms with Crippen molar-refractivity contribution < 1.29 is 13.5 Å². The Morgan fingerprint density at radius 3 is 2.76 bits per heavy atom. The summed E-state index contributed by atoms with van der Waals surface area (Å²) in [5.74, 6) is 0.286. The predicted octanol–water partition coefficient (Wildman–Crippen LogP) is 2.64. The largest absolute Gasteiger partial charge is 0.396 e. The summed E-state index contributed by atoms with van der Waals surface area (Å²) in [6.07, 6.45) is 2.57. The first kappa shape index (κ1) is 16.5. The third kappa shape index (κ3) is 3.47. The summed E-state index contributed by atoms with van der Waals surface area (Å²) < 4.78 is 27.9. The van der Waals surface area contributed by atoms with Crippen molar-refractivity contribution in [3.05, 3.63) is 29.8 Å². The van der Waals surface area contributed by atoms with Crippen molar-refractivity contribution in [1.29, 1.82) is 0 Å². The molecule has 0 saturated heterocycles. The summed E-state index contributed by atoms with van der Waals surface area (Å²) in [6.45, 7) is 6.03. The zero-order chi connectivity index (χ0) is 15.7. The summed E-state index contributed by atoms with van der Waals surface area (Å²) >= 11 is 0. The first-order chi connectivity index (χ1) is 9.78. The molecule has 0 spiro atoms. The van der Waals surface area contributed by atoms with Crippen LogP contribution in [0.15, 0.2) is 29.2 Å². The van der Waals surface area contributed by atoms with Crippen LogP contribution in [0.1, 0.15) is 51.5 Å². The lowest BCUT2D eigenvalue weighted by Crippen LogP contribution is -2.44. The van der Waals surface area contributed by atoms with Crippen molar-refractivity contribution in [2.75, 3.05) is 6.61 Å². The molecule has 2 atom stereocenters. The maximum absolute atomic E-state index is 12.6. The van der Waals surface area contributed by atoms with E-state index in [0.29, 0.717) is 4.90 Å². The van der Waals surface area contributed by atoms with Crippen LogP contribution in [-0.2, 0) is 10.0 Å². The van der Waals surface area contributed by atoms with E-state index >= 15 is 0 Å². The Hall–Kier alpha value is -0.910. The molecule has 1 fully saturated rings. The van der Waals surface area contributed by atoms with E-state index in [0.717, 1.165) is 24.8 Å². The summed E-state index contributed by atoms with van der Waals surface area (Å²) in [5, 5.41) is 9.55. The number of hydrogen-bond acceptors (Lipinski definition) is 3. The first-order valence-electron chi connectivity index (χ1n) is 7.52. The van der Waals surface area contributed by atoms with Crippen LogP contribution >= 0.6 is 0 Å². The highest BCUT2D eigenvalue weighted by molar-refractivity contribution is 7.89. The van der Waals surface area contributed by atoms with E-state index in [9.17, 15) is 13.5 Å². The van der Waals surface area contributed by atoms with Gasteiger partial charge in [0.05, 0.1) is 4.90 Å². The molecular formula is C16H25NO3S. The second-order valence-electron chi connectivity index (χ2n) is 6.61. The van der Waals surface area contributed by atoms with E-state index < -0.39 is 10.0 Å². The summed E-state index contributed by atoms with van der Waals surface area (Å²) in [6, 6.07) is 6.88.